The number of nitrogens with one attached hydrogen (secondary N) is 1. The monoisotopic (exact) mass is 198 g/mol. The molecule has 0 aliphatic carbocycles. The third-order valence-corrected chi connectivity index (χ3v) is 2.40. The highest BCUT2D eigenvalue weighted by Gasteiger charge is 2.14. The molecule has 2 nitrogen and oxygen atoms in total. The van der Waals surface area contributed by atoms with Crippen molar-refractivity contribution in [3.8, 4) is 0 Å². The molecule has 1 heterocycles. The molecule has 0 radical (unpaired) electrons. The van der Waals surface area contributed by atoms with Crippen LogP contribution < -0.4 is 11.1 Å². The van der Waals surface area contributed by atoms with Crippen molar-refractivity contribution in [2.45, 2.75) is 18.9 Å². The van der Waals surface area contributed by atoms with Gasteiger partial charge in [-0.15, -0.1) is 12.4 Å². The van der Waals surface area contributed by atoms with Crippen LogP contribution in [0.3, 0.4) is 0 Å². The van der Waals surface area contributed by atoms with E-state index in [1.807, 2.05) is 12.1 Å². The molecule has 1 unspecified atom stereocenters. The summed E-state index contributed by atoms with van der Waals surface area (Å²) in [6.45, 7) is 1.15. The van der Waals surface area contributed by atoms with Crippen LogP contribution in [0.4, 0.5) is 5.69 Å². The molecular weight excluding hydrogens is 184 g/mol. The Hall–Kier alpha value is -0.730. The summed E-state index contributed by atoms with van der Waals surface area (Å²) in [5.41, 5.74) is 7.81. The number of nitrogens with two attached hydrogens (primary N) is 1. The molecule has 1 saturated heterocycles. The number of rotatable bonds is 1. The predicted octanol–water partition coefficient (Wildman–Crippen LogP) is 2.12. The predicted molar refractivity (Wildman–Crippen MR) is 58.1 cm³/mol. The SMILES string of the molecule is Cl.Nc1ccc(C2CCCN2)cc1. The Balaban J connectivity index is 0.000000845. The summed E-state index contributed by atoms with van der Waals surface area (Å²) in [7, 11) is 0. The summed E-state index contributed by atoms with van der Waals surface area (Å²) >= 11 is 0. The lowest BCUT2D eigenvalue weighted by Crippen LogP contribution is -2.12. The topological polar surface area (TPSA) is 38.0 Å². The van der Waals surface area contributed by atoms with E-state index in [4.69, 9.17) is 5.73 Å². The van der Waals surface area contributed by atoms with Gasteiger partial charge in [0.25, 0.3) is 0 Å². The van der Waals surface area contributed by atoms with Gasteiger partial charge in [-0.05, 0) is 37.1 Å². The van der Waals surface area contributed by atoms with E-state index < -0.39 is 0 Å². The van der Waals surface area contributed by atoms with Gasteiger partial charge >= 0.3 is 0 Å². The fraction of sp³-hybridized carbons (Fsp3) is 0.400. The molecule has 0 aromatic heterocycles. The molecule has 1 fully saturated rings. The molecule has 0 amide bonds. The maximum atomic E-state index is 5.60. The maximum absolute atomic E-state index is 5.60. The van der Waals surface area contributed by atoms with Gasteiger partial charge in [-0.2, -0.15) is 0 Å². The number of halogens is 1. The van der Waals surface area contributed by atoms with E-state index in [0.717, 1.165) is 12.2 Å². The van der Waals surface area contributed by atoms with Crippen molar-refractivity contribution in [3.63, 3.8) is 0 Å². The first kappa shape index (κ1) is 10.4. The molecule has 0 saturated carbocycles. The summed E-state index contributed by atoms with van der Waals surface area (Å²) in [5.74, 6) is 0. The molecule has 0 spiro atoms. The average Bonchev–Trinajstić information content (AvgIpc) is 2.58. The highest BCUT2D eigenvalue weighted by Crippen LogP contribution is 2.23. The van der Waals surface area contributed by atoms with Gasteiger partial charge in [0.15, 0.2) is 0 Å². The van der Waals surface area contributed by atoms with Crippen LogP contribution in [0.25, 0.3) is 0 Å². The first-order chi connectivity index (χ1) is 5.86. The van der Waals surface area contributed by atoms with Gasteiger partial charge in [0.05, 0.1) is 0 Å². The molecule has 3 N–H and O–H groups in total. The Morgan fingerprint density at radius 1 is 1.23 bits per heavy atom. The second kappa shape index (κ2) is 4.49. The Morgan fingerprint density at radius 2 is 1.92 bits per heavy atom. The van der Waals surface area contributed by atoms with Crippen molar-refractivity contribution in [1.82, 2.24) is 5.32 Å². The van der Waals surface area contributed by atoms with E-state index in [2.05, 4.69) is 17.4 Å². The third-order valence-electron chi connectivity index (χ3n) is 2.40. The molecule has 3 heteroatoms. The molecule has 13 heavy (non-hydrogen) atoms. The van der Waals surface area contributed by atoms with Crippen molar-refractivity contribution in [2.75, 3.05) is 12.3 Å². The van der Waals surface area contributed by atoms with Crippen molar-refractivity contribution in [1.29, 1.82) is 0 Å². The van der Waals surface area contributed by atoms with Crippen molar-refractivity contribution in [3.05, 3.63) is 29.8 Å². The number of hydrogen-bond donors (Lipinski definition) is 2. The quantitative estimate of drug-likeness (QED) is 0.679. The number of nitrogen functional groups attached to an aromatic ring is 1. The number of benzene rings is 1. The molecule has 1 atom stereocenters. The molecule has 1 aromatic carbocycles. The largest absolute Gasteiger partial charge is 0.399 e. The third kappa shape index (κ3) is 2.36. The number of hydrogen-bond acceptors (Lipinski definition) is 2. The van der Waals surface area contributed by atoms with Crippen LogP contribution in [0.5, 0.6) is 0 Å². The molecule has 1 aliphatic heterocycles. The normalized spacial score (nSPS) is 21.1. The van der Waals surface area contributed by atoms with Gasteiger partial charge < -0.3 is 11.1 Å². The molecule has 2 rings (SSSR count). The zero-order valence-electron chi connectivity index (χ0n) is 7.49. The standard InChI is InChI=1S/C10H14N2.ClH/c11-9-5-3-8(4-6-9)10-2-1-7-12-10;/h3-6,10,12H,1-2,7,11H2;1H. The molecule has 72 valence electrons. The summed E-state index contributed by atoms with van der Waals surface area (Å²) in [4.78, 5) is 0. The van der Waals surface area contributed by atoms with Crippen LogP contribution in [0.1, 0.15) is 24.4 Å². The van der Waals surface area contributed by atoms with E-state index >= 15 is 0 Å². The Kier molecular flexibility index (Phi) is 3.58. The molecular formula is C10H15ClN2. The highest BCUT2D eigenvalue weighted by atomic mass is 35.5. The van der Waals surface area contributed by atoms with Gasteiger partial charge in [-0.3, -0.25) is 0 Å². The summed E-state index contributed by atoms with van der Waals surface area (Å²) in [6, 6.07) is 8.71. The van der Waals surface area contributed by atoms with Crippen LogP contribution in [0.15, 0.2) is 24.3 Å². The lowest BCUT2D eigenvalue weighted by Gasteiger charge is -2.09. The highest BCUT2D eigenvalue weighted by molar-refractivity contribution is 5.85. The number of anilines is 1. The fourth-order valence-corrected chi connectivity index (χ4v) is 1.70. The zero-order chi connectivity index (χ0) is 8.39. The Bertz CT molecular complexity index is 252. The van der Waals surface area contributed by atoms with Crippen LogP contribution in [-0.2, 0) is 0 Å². The van der Waals surface area contributed by atoms with Crippen LogP contribution in [-0.4, -0.2) is 6.54 Å². The van der Waals surface area contributed by atoms with Crippen molar-refractivity contribution in [2.24, 2.45) is 0 Å². The minimum absolute atomic E-state index is 0. The van der Waals surface area contributed by atoms with E-state index in [1.54, 1.807) is 0 Å². The van der Waals surface area contributed by atoms with E-state index in [1.165, 1.54) is 18.4 Å². The molecule has 1 aromatic rings. The van der Waals surface area contributed by atoms with Crippen LogP contribution >= 0.6 is 12.4 Å². The maximum Gasteiger partial charge on any atom is 0.0320 e. The lowest BCUT2D eigenvalue weighted by atomic mass is 10.1. The molecule has 0 bridgehead atoms. The van der Waals surface area contributed by atoms with Gasteiger partial charge in [0.2, 0.25) is 0 Å². The summed E-state index contributed by atoms with van der Waals surface area (Å²) in [5, 5.41) is 3.45. The Labute approximate surface area is 84.9 Å². The first-order valence-electron chi connectivity index (χ1n) is 4.45. The molecule has 1 aliphatic rings. The average molecular weight is 199 g/mol. The van der Waals surface area contributed by atoms with Crippen LogP contribution in [0.2, 0.25) is 0 Å². The van der Waals surface area contributed by atoms with Crippen LogP contribution in [0, 0.1) is 0 Å². The smallest absolute Gasteiger partial charge is 0.0320 e. The van der Waals surface area contributed by atoms with E-state index in [0.29, 0.717) is 6.04 Å². The second-order valence-corrected chi connectivity index (χ2v) is 3.32. The van der Waals surface area contributed by atoms with Crippen molar-refractivity contribution < 1.29 is 0 Å². The van der Waals surface area contributed by atoms with Gasteiger partial charge in [-0.1, -0.05) is 12.1 Å². The summed E-state index contributed by atoms with van der Waals surface area (Å²) in [6.07, 6.45) is 2.54. The zero-order valence-corrected chi connectivity index (χ0v) is 8.31. The van der Waals surface area contributed by atoms with Gasteiger partial charge in [0, 0.05) is 11.7 Å². The summed E-state index contributed by atoms with van der Waals surface area (Å²) < 4.78 is 0. The van der Waals surface area contributed by atoms with E-state index in [9.17, 15) is 0 Å². The van der Waals surface area contributed by atoms with Gasteiger partial charge in [-0.25, -0.2) is 0 Å². The van der Waals surface area contributed by atoms with E-state index in [-0.39, 0.29) is 12.4 Å². The lowest BCUT2D eigenvalue weighted by molar-refractivity contribution is 0.648. The van der Waals surface area contributed by atoms with Crippen molar-refractivity contribution >= 4 is 18.1 Å². The second-order valence-electron chi connectivity index (χ2n) is 3.32. The Morgan fingerprint density at radius 3 is 2.46 bits per heavy atom. The fourth-order valence-electron chi connectivity index (χ4n) is 1.70. The van der Waals surface area contributed by atoms with Gasteiger partial charge in [0.1, 0.15) is 0 Å². The minimum Gasteiger partial charge on any atom is -0.399 e. The minimum atomic E-state index is 0. The first-order valence-corrected chi connectivity index (χ1v) is 4.45.